The van der Waals surface area contributed by atoms with Crippen LogP contribution in [0.4, 0.5) is 0 Å². The first-order chi connectivity index (χ1) is 26.8. The fraction of sp³-hybridized carbons (Fsp3) is 0.978. The first kappa shape index (κ1) is 52.2. The Balaban J connectivity index is 2.30. The predicted molar refractivity (Wildman–Crippen MR) is 223 cm³/mol. The number of hydrogen-bond donors (Lipinski definition) is 7. The average molecular weight is 788 g/mol. The van der Waals surface area contributed by atoms with Crippen LogP contribution in [0.5, 0.6) is 0 Å². The molecule has 0 saturated carbocycles. The second-order valence-corrected chi connectivity index (χ2v) is 16.7. The molecule has 1 heterocycles. The van der Waals surface area contributed by atoms with E-state index >= 15 is 0 Å². The van der Waals surface area contributed by atoms with Gasteiger partial charge in [0.05, 0.1) is 25.4 Å². The summed E-state index contributed by atoms with van der Waals surface area (Å²) in [6, 6.07) is -0.983. The summed E-state index contributed by atoms with van der Waals surface area (Å²) in [5.41, 5.74) is 0. The van der Waals surface area contributed by atoms with Gasteiger partial charge in [0.2, 0.25) is 5.91 Å². The number of carbonyl (C=O) groups excluding carboxylic acids is 1. The molecular formula is C45H89NO9. The molecule has 2 unspecified atom stereocenters. The zero-order valence-electron chi connectivity index (χ0n) is 35.6. The van der Waals surface area contributed by atoms with Crippen molar-refractivity contribution in [1.82, 2.24) is 5.32 Å². The lowest BCUT2D eigenvalue weighted by atomic mass is 9.98. The molecule has 55 heavy (non-hydrogen) atoms. The van der Waals surface area contributed by atoms with Crippen LogP contribution in [0.1, 0.15) is 219 Å². The fourth-order valence-corrected chi connectivity index (χ4v) is 7.73. The summed E-state index contributed by atoms with van der Waals surface area (Å²) >= 11 is 0. The highest BCUT2D eigenvalue weighted by Gasteiger charge is 2.44. The second kappa shape index (κ2) is 36.2. The highest BCUT2D eigenvalue weighted by molar-refractivity contribution is 5.76. The summed E-state index contributed by atoms with van der Waals surface area (Å²) in [5, 5.41) is 65.0. The van der Waals surface area contributed by atoms with Crippen LogP contribution >= 0.6 is 0 Å². The summed E-state index contributed by atoms with van der Waals surface area (Å²) in [5.74, 6) is -0.255. The number of aliphatic hydroxyl groups is 6. The van der Waals surface area contributed by atoms with Crippen molar-refractivity contribution in [3.63, 3.8) is 0 Å². The molecule has 8 atom stereocenters. The summed E-state index contributed by atoms with van der Waals surface area (Å²) in [6.07, 6.45) is 28.4. The minimum Gasteiger partial charge on any atom is -0.394 e. The molecule has 1 amide bonds. The van der Waals surface area contributed by atoms with Crippen molar-refractivity contribution in [1.29, 1.82) is 0 Å². The minimum absolute atomic E-state index is 0.255. The van der Waals surface area contributed by atoms with Crippen molar-refractivity contribution in [2.75, 3.05) is 13.2 Å². The lowest BCUT2D eigenvalue weighted by Gasteiger charge is -2.40. The van der Waals surface area contributed by atoms with Crippen molar-refractivity contribution in [2.24, 2.45) is 0 Å². The maximum absolute atomic E-state index is 13.0. The van der Waals surface area contributed by atoms with E-state index in [9.17, 15) is 35.4 Å². The van der Waals surface area contributed by atoms with E-state index in [2.05, 4.69) is 19.2 Å². The number of hydrogen-bond acceptors (Lipinski definition) is 9. The number of nitrogens with one attached hydrogen (secondary N) is 1. The third kappa shape index (κ3) is 26.7. The van der Waals surface area contributed by atoms with E-state index in [1.165, 1.54) is 148 Å². The third-order valence-corrected chi connectivity index (χ3v) is 11.6. The van der Waals surface area contributed by atoms with Gasteiger partial charge in [-0.2, -0.15) is 0 Å². The maximum Gasteiger partial charge on any atom is 0.220 e. The Kier molecular flexibility index (Phi) is 34.4. The van der Waals surface area contributed by atoms with Gasteiger partial charge < -0.3 is 45.4 Å². The molecule has 1 saturated heterocycles. The normalized spacial score (nSPS) is 21.8. The Morgan fingerprint density at radius 3 is 1.35 bits per heavy atom. The van der Waals surface area contributed by atoms with Crippen molar-refractivity contribution >= 4 is 5.91 Å². The van der Waals surface area contributed by atoms with Crippen LogP contribution in [0.2, 0.25) is 0 Å². The van der Waals surface area contributed by atoms with Crippen molar-refractivity contribution in [3.05, 3.63) is 0 Å². The Labute approximate surface area is 336 Å². The number of unbranched alkanes of at least 4 members (excludes halogenated alkanes) is 28. The molecule has 1 fully saturated rings. The van der Waals surface area contributed by atoms with Gasteiger partial charge in [0.1, 0.15) is 30.5 Å². The van der Waals surface area contributed by atoms with Gasteiger partial charge in [-0.15, -0.1) is 0 Å². The Bertz CT molecular complexity index is 849. The van der Waals surface area contributed by atoms with Gasteiger partial charge in [-0.3, -0.25) is 4.79 Å². The van der Waals surface area contributed by atoms with Gasteiger partial charge in [0, 0.05) is 6.42 Å². The standard InChI is InChI=1S/C45H89NO9/c1-3-5-7-9-11-13-14-15-16-17-18-19-20-21-22-23-24-26-28-30-32-34-40(49)46-37(36-54-45-44(53)43(52)42(51)39(35-47)55-45)41(50)38(48)33-31-29-27-25-12-10-8-6-4-2/h37-39,41-45,47-48,50-53H,3-36H2,1-2H3,(H,46,49)/t37-,38+,39+,41-,42-,43?,44?,45+/m0/s1. The van der Waals surface area contributed by atoms with E-state index in [1.807, 2.05) is 0 Å². The van der Waals surface area contributed by atoms with Crippen LogP contribution in [-0.2, 0) is 14.3 Å². The molecule has 328 valence electrons. The molecule has 0 spiro atoms. The molecule has 10 nitrogen and oxygen atoms in total. The predicted octanol–water partition coefficient (Wildman–Crippen LogP) is 8.53. The monoisotopic (exact) mass is 788 g/mol. The zero-order valence-corrected chi connectivity index (χ0v) is 35.6. The van der Waals surface area contributed by atoms with Crippen LogP contribution in [0, 0.1) is 0 Å². The van der Waals surface area contributed by atoms with Gasteiger partial charge in [-0.05, 0) is 12.8 Å². The van der Waals surface area contributed by atoms with Crippen LogP contribution in [0.3, 0.4) is 0 Å². The molecule has 0 aromatic heterocycles. The summed E-state index contributed by atoms with van der Waals surface area (Å²) in [4.78, 5) is 13.0. The van der Waals surface area contributed by atoms with E-state index in [1.54, 1.807) is 0 Å². The van der Waals surface area contributed by atoms with Crippen molar-refractivity contribution < 1.29 is 44.9 Å². The minimum atomic E-state index is -1.60. The molecule has 7 N–H and O–H groups in total. The van der Waals surface area contributed by atoms with Crippen molar-refractivity contribution in [2.45, 2.75) is 268 Å². The third-order valence-electron chi connectivity index (χ3n) is 11.6. The lowest BCUT2D eigenvalue weighted by molar-refractivity contribution is -0.303. The van der Waals surface area contributed by atoms with Crippen LogP contribution in [0.15, 0.2) is 0 Å². The smallest absolute Gasteiger partial charge is 0.220 e. The van der Waals surface area contributed by atoms with E-state index in [0.29, 0.717) is 6.42 Å². The fourth-order valence-electron chi connectivity index (χ4n) is 7.73. The van der Waals surface area contributed by atoms with Gasteiger partial charge in [-0.25, -0.2) is 0 Å². The SMILES string of the molecule is CCCCCCCCCCCCCCCCCCCCCCCC(=O)N[C@@H](CO[C@@H]1O[C@H](CO)[C@H](O)C(O)C1O)[C@H](O)[C@H](O)CCCCCCCCCCC. The summed E-state index contributed by atoms with van der Waals surface area (Å²) in [7, 11) is 0. The Morgan fingerprint density at radius 1 is 0.564 bits per heavy atom. The van der Waals surface area contributed by atoms with E-state index in [-0.39, 0.29) is 18.9 Å². The molecule has 0 aromatic rings. The maximum atomic E-state index is 13.0. The van der Waals surface area contributed by atoms with Crippen molar-refractivity contribution in [3.8, 4) is 0 Å². The number of aliphatic hydroxyl groups excluding tert-OH is 6. The van der Waals surface area contributed by atoms with Crippen LogP contribution < -0.4 is 5.32 Å². The van der Waals surface area contributed by atoms with E-state index in [0.717, 1.165) is 44.9 Å². The highest BCUT2D eigenvalue weighted by atomic mass is 16.7. The zero-order chi connectivity index (χ0) is 40.4. The topological polar surface area (TPSA) is 169 Å². The van der Waals surface area contributed by atoms with Crippen LogP contribution in [-0.4, -0.2) is 98.7 Å². The first-order valence-electron chi connectivity index (χ1n) is 23.3. The second-order valence-electron chi connectivity index (χ2n) is 16.7. The van der Waals surface area contributed by atoms with E-state index < -0.39 is 55.6 Å². The quantitative estimate of drug-likeness (QED) is 0.0302. The Hall–Kier alpha value is -0.850. The van der Waals surface area contributed by atoms with Gasteiger partial charge in [-0.1, -0.05) is 200 Å². The molecule has 0 aromatic carbocycles. The van der Waals surface area contributed by atoms with Gasteiger partial charge in [0.15, 0.2) is 6.29 Å². The molecule has 0 aliphatic carbocycles. The molecule has 1 aliphatic rings. The van der Waals surface area contributed by atoms with Gasteiger partial charge in [0.25, 0.3) is 0 Å². The number of carbonyl (C=O) groups is 1. The Morgan fingerprint density at radius 2 is 0.945 bits per heavy atom. The molecule has 10 heteroatoms. The molecule has 0 bridgehead atoms. The molecule has 0 radical (unpaired) electrons. The lowest BCUT2D eigenvalue weighted by Crippen LogP contribution is -2.60. The first-order valence-corrected chi connectivity index (χ1v) is 23.3. The number of amides is 1. The molecular weight excluding hydrogens is 698 g/mol. The summed E-state index contributed by atoms with van der Waals surface area (Å²) < 4.78 is 11.1. The van der Waals surface area contributed by atoms with E-state index in [4.69, 9.17) is 9.47 Å². The molecule has 1 aliphatic heterocycles. The van der Waals surface area contributed by atoms with Gasteiger partial charge >= 0.3 is 0 Å². The summed E-state index contributed by atoms with van der Waals surface area (Å²) in [6.45, 7) is 3.59. The highest BCUT2D eigenvalue weighted by Crippen LogP contribution is 2.23. The van der Waals surface area contributed by atoms with Crippen LogP contribution in [0.25, 0.3) is 0 Å². The molecule has 1 rings (SSSR count). The average Bonchev–Trinajstić information content (AvgIpc) is 3.18. The number of rotatable bonds is 39. The largest absolute Gasteiger partial charge is 0.394 e. The number of ether oxygens (including phenoxy) is 2.